The minimum atomic E-state index is 0.566. The third-order valence-corrected chi connectivity index (χ3v) is 3.77. The Balaban J connectivity index is 2.01. The molecule has 1 aromatic carbocycles. The first-order valence-electron chi connectivity index (χ1n) is 7.25. The van der Waals surface area contributed by atoms with Crippen molar-refractivity contribution in [2.75, 3.05) is 12.8 Å². The number of rotatable bonds is 5. The zero-order chi connectivity index (χ0) is 14.1. The second-order valence-corrected chi connectivity index (χ2v) is 5.34. The molecule has 0 atom stereocenters. The maximum atomic E-state index is 6.35. The Labute approximate surface area is 119 Å². The number of nitrogens with zero attached hydrogens (tertiary/aromatic N) is 2. The predicted octanol–water partition coefficient (Wildman–Crippen LogP) is 3.43. The molecule has 4 heteroatoms. The molecule has 0 saturated heterocycles. The molecule has 1 aliphatic rings. The lowest BCUT2D eigenvalue weighted by Crippen LogP contribution is -2.05. The highest BCUT2D eigenvalue weighted by atomic mass is 16.5. The number of methoxy groups -OCH3 is 1. The van der Waals surface area contributed by atoms with Gasteiger partial charge in [0.15, 0.2) is 0 Å². The van der Waals surface area contributed by atoms with E-state index in [-0.39, 0.29) is 0 Å². The van der Waals surface area contributed by atoms with Gasteiger partial charge < -0.3 is 15.0 Å². The van der Waals surface area contributed by atoms with Crippen molar-refractivity contribution in [1.29, 1.82) is 0 Å². The first-order chi connectivity index (χ1) is 9.74. The van der Waals surface area contributed by atoms with E-state index in [4.69, 9.17) is 15.5 Å². The van der Waals surface area contributed by atoms with E-state index in [1.165, 1.54) is 12.8 Å². The zero-order valence-electron chi connectivity index (χ0n) is 12.1. The molecular weight excluding hydrogens is 250 g/mol. The van der Waals surface area contributed by atoms with E-state index in [2.05, 4.69) is 11.5 Å². The van der Waals surface area contributed by atoms with Crippen molar-refractivity contribution in [3.8, 4) is 17.0 Å². The number of benzene rings is 1. The Hall–Kier alpha value is -1.97. The molecule has 0 aliphatic heterocycles. The molecule has 106 valence electrons. The normalized spacial score (nSPS) is 14.5. The Morgan fingerprint density at radius 3 is 2.55 bits per heavy atom. The number of hydrogen-bond acceptors (Lipinski definition) is 3. The van der Waals surface area contributed by atoms with Crippen molar-refractivity contribution in [1.82, 2.24) is 9.55 Å². The first kappa shape index (κ1) is 13.0. The lowest BCUT2D eigenvalue weighted by atomic mass is 10.1. The van der Waals surface area contributed by atoms with Gasteiger partial charge in [-0.15, -0.1) is 0 Å². The van der Waals surface area contributed by atoms with Crippen molar-refractivity contribution >= 4 is 5.82 Å². The summed E-state index contributed by atoms with van der Waals surface area (Å²) in [7, 11) is 1.67. The van der Waals surface area contributed by atoms with Gasteiger partial charge in [0, 0.05) is 18.0 Å². The number of aromatic nitrogens is 2. The minimum Gasteiger partial charge on any atom is -0.497 e. The Morgan fingerprint density at radius 2 is 2.00 bits per heavy atom. The highest BCUT2D eigenvalue weighted by Gasteiger charge is 2.29. The van der Waals surface area contributed by atoms with Crippen LogP contribution in [-0.2, 0) is 6.42 Å². The van der Waals surface area contributed by atoms with Gasteiger partial charge in [-0.05, 0) is 43.5 Å². The molecule has 1 aliphatic carbocycles. The topological polar surface area (TPSA) is 53.1 Å². The SMILES string of the molecule is CCCc1nc(-c2ccc(OC)cc2)c(N)n1C1CC1. The summed E-state index contributed by atoms with van der Waals surface area (Å²) in [5.41, 5.74) is 8.31. The fourth-order valence-electron chi connectivity index (χ4n) is 2.59. The summed E-state index contributed by atoms with van der Waals surface area (Å²) in [6.07, 6.45) is 4.51. The van der Waals surface area contributed by atoms with Crippen LogP contribution in [0.1, 0.15) is 38.1 Å². The molecule has 4 nitrogen and oxygen atoms in total. The van der Waals surface area contributed by atoms with Crippen LogP contribution in [0.3, 0.4) is 0 Å². The number of anilines is 1. The third kappa shape index (κ3) is 2.26. The lowest BCUT2D eigenvalue weighted by molar-refractivity contribution is 0.415. The fraction of sp³-hybridized carbons (Fsp3) is 0.438. The van der Waals surface area contributed by atoms with E-state index in [0.717, 1.165) is 41.5 Å². The molecule has 1 fully saturated rings. The van der Waals surface area contributed by atoms with Gasteiger partial charge in [-0.3, -0.25) is 0 Å². The maximum Gasteiger partial charge on any atom is 0.131 e. The van der Waals surface area contributed by atoms with E-state index in [0.29, 0.717) is 6.04 Å². The zero-order valence-corrected chi connectivity index (χ0v) is 12.1. The molecule has 1 heterocycles. The molecule has 0 spiro atoms. The number of hydrogen-bond donors (Lipinski definition) is 1. The van der Waals surface area contributed by atoms with Crippen LogP contribution in [0.2, 0.25) is 0 Å². The van der Waals surface area contributed by atoms with Gasteiger partial charge in [-0.1, -0.05) is 6.92 Å². The molecule has 0 bridgehead atoms. The molecule has 2 N–H and O–H groups in total. The fourth-order valence-corrected chi connectivity index (χ4v) is 2.59. The van der Waals surface area contributed by atoms with Gasteiger partial charge in [-0.2, -0.15) is 0 Å². The highest BCUT2D eigenvalue weighted by molar-refractivity contribution is 5.71. The second kappa shape index (κ2) is 5.19. The molecule has 0 amide bonds. The second-order valence-electron chi connectivity index (χ2n) is 5.34. The average molecular weight is 271 g/mol. The van der Waals surface area contributed by atoms with Crippen LogP contribution < -0.4 is 10.5 Å². The number of imidazole rings is 1. The largest absolute Gasteiger partial charge is 0.497 e. The van der Waals surface area contributed by atoms with Gasteiger partial charge in [-0.25, -0.2) is 4.98 Å². The molecule has 0 radical (unpaired) electrons. The first-order valence-corrected chi connectivity index (χ1v) is 7.25. The van der Waals surface area contributed by atoms with E-state index in [1.54, 1.807) is 7.11 Å². The van der Waals surface area contributed by atoms with Crippen LogP contribution in [0.4, 0.5) is 5.82 Å². The number of nitrogens with two attached hydrogens (primary N) is 1. The minimum absolute atomic E-state index is 0.566. The van der Waals surface area contributed by atoms with Gasteiger partial charge in [0.05, 0.1) is 7.11 Å². The van der Waals surface area contributed by atoms with Crippen LogP contribution in [0.5, 0.6) is 5.75 Å². The van der Waals surface area contributed by atoms with E-state index >= 15 is 0 Å². The summed E-state index contributed by atoms with van der Waals surface area (Å²) in [6.45, 7) is 2.18. The molecular formula is C16H21N3O. The molecule has 1 aromatic heterocycles. The van der Waals surface area contributed by atoms with Crippen molar-refractivity contribution in [2.24, 2.45) is 0 Å². The van der Waals surface area contributed by atoms with Crippen molar-refractivity contribution in [3.63, 3.8) is 0 Å². The number of aryl methyl sites for hydroxylation is 1. The van der Waals surface area contributed by atoms with E-state index < -0.39 is 0 Å². The molecule has 2 aromatic rings. The van der Waals surface area contributed by atoms with Crippen molar-refractivity contribution in [3.05, 3.63) is 30.1 Å². The van der Waals surface area contributed by atoms with Crippen molar-refractivity contribution < 1.29 is 4.74 Å². The van der Waals surface area contributed by atoms with Gasteiger partial charge in [0.1, 0.15) is 23.1 Å². The van der Waals surface area contributed by atoms with Crippen LogP contribution >= 0.6 is 0 Å². The van der Waals surface area contributed by atoms with Crippen LogP contribution in [0, 0.1) is 0 Å². The summed E-state index contributed by atoms with van der Waals surface area (Å²) in [5, 5.41) is 0. The van der Waals surface area contributed by atoms with E-state index in [1.807, 2.05) is 24.3 Å². The summed E-state index contributed by atoms with van der Waals surface area (Å²) < 4.78 is 7.43. The van der Waals surface area contributed by atoms with Gasteiger partial charge >= 0.3 is 0 Å². The number of ether oxygens (including phenoxy) is 1. The third-order valence-electron chi connectivity index (χ3n) is 3.77. The summed E-state index contributed by atoms with van der Waals surface area (Å²) in [6, 6.07) is 8.50. The Bertz CT molecular complexity index is 597. The number of nitrogen functional groups attached to an aromatic ring is 1. The average Bonchev–Trinajstić information content (AvgIpc) is 3.25. The summed E-state index contributed by atoms with van der Waals surface area (Å²) >= 11 is 0. The molecule has 0 unspecified atom stereocenters. The molecule has 3 rings (SSSR count). The van der Waals surface area contributed by atoms with Crippen molar-refractivity contribution in [2.45, 2.75) is 38.6 Å². The lowest BCUT2D eigenvalue weighted by Gasteiger charge is -2.07. The summed E-state index contributed by atoms with van der Waals surface area (Å²) in [4.78, 5) is 4.78. The quantitative estimate of drug-likeness (QED) is 0.906. The molecule has 1 saturated carbocycles. The standard InChI is InChI=1S/C16H21N3O/c1-3-4-14-18-15(16(17)19(14)12-7-8-12)11-5-9-13(20-2)10-6-11/h5-6,9-10,12H,3-4,7-8,17H2,1-2H3. The maximum absolute atomic E-state index is 6.35. The smallest absolute Gasteiger partial charge is 0.131 e. The van der Waals surface area contributed by atoms with Crippen LogP contribution in [0.15, 0.2) is 24.3 Å². The predicted molar refractivity (Wildman–Crippen MR) is 80.9 cm³/mol. The van der Waals surface area contributed by atoms with E-state index in [9.17, 15) is 0 Å². The van der Waals surface area contributed by atoms with Gasteiger partial charge in [0.2, 0.25) is 0 Å². The Kier molecular flexibility index (Phi) is 3.38. The Morgan fingerprint density at radius 1 is 1.30 bits per heavy atom. The van der Waals surface area contributed by atoms with Crippen LogP contribution in [-0.4, -0.2) is 16.7 Å². The monoisotopic (exact) mass is 271 g/mol. The highest BCUT2D eigenvalue weighted by Crippen LogP contribution is 2.41. The van der Waals surface area contributed by atoms with Gasteiger partial charge in [0.25, 0.3) is 0 Å². The van der Waals surface area contributed by atoms with Crippen LogP contribution in [0.25, 0.3) is 11.3 Å². The molecule has 20 heavy (non-hydrogen) atoms. The summed E-state index contributed by atoms with van der Waals surface area (Å²) in [5.74, 6) is 2.78.